The topological polar surface area (TPSA) is 60.9 Å². The fourth-order valence-corrected chi connectivity index (χ4v) is 3.65. The van der Waals surface area contributed by atoms with Gasteiger partial charge in [0, 0.05) is 30.8 Å². The second-order valence-electron chi connectivity index (χ2n) is 6.56. The summed E-state index contributed by atoms with van der Waals surface area (Å²) in [5, 5.41) is 9.61. The van der Waals surface area contributed by atoms with Crippen molar-refractivity contribution in [2.75, 3.05) is 24.6 Å². The molecule has 2 amide bonds. The van der Waals surface area contributed by atoms with Crippen molar-refractivity contribution in [3.8, 4) is 0 Å². The number of benzene rings is 1. The molecule has 2 fully saturated rings. The molecule has 23 heavy (non-hydrogen) atoms. The molecule has 2 aliphatic rings. The number of hydrogen-bond donors (Lipinski definition) is 1. The van der Waals surface area contributed by atoms with Crippen LogP contribution in [0.1, 0.15) is 43.0 Å². The summed E-state index contributed by atoms with van der Waals surface area (Å²) in [4.78, 5) is 28.1. The summed E-state index contributed by atoms with van der Waals surface area (Å²) in [6.07, 6.45) is 3.52. The maximum absolute atomic E-state index is 12.7. The number of hydrogen-bond acceptors (Lipinski definition) is 3. The Labute approximate surface area is 136 Å². The highest BCUT2D eigenvalue weighted by Crippen LogP contribution is 2.26. The normalized spacial score (nSPS) is 25.0. The zero-order valence-electron chi connectivity index (χ0n) is 13.6. The average molecular weight is 316 g/mol. The van der Waals surface area contributed by atoms with Gasteiger partial charge >= 0.3 is 0 Å². The Hall–Kier alpha value is -1.88. The van der Waals surface area contributed by atoms with Gasteiger partial charge in [0.1, 0.15) is 0 Å². The molecule has 1 aromatic carbocycles. The Bertz CT molecular complexity index is 584. The lowest BCUT2D eigenvalue weighted by Crippen LogP contribution is -2.49. The van der Waals surface area contributed by atoms with Gasteiger partial charge in [-0.3, -0.25) is 9.59 Å². The van der Waals surface area contributed by atoms with Crippen LogP contribution in [0.15, 0.2) is 24.3 Å². The van der Waals surface area contributed by atoms with E-state index in [4.69, 9.17) is 0 Å². The van der Waals surface area contributed by atoms with Gasteiger partial charge in [-0.15, -0.1) is 0 Å². The van der Waals surface area contributed by atoms with Gasteiger partial charge in [0.25, 0.3) is 5.91 Å². The molecule has 2 saturated heterocycles. The number of amides is 2. The summed E-state index contributed by atoms with van der Waals surface area (Å²) < 4.78 is 0. The maximum atomic E-state index is 12.7. The number of carbonyl (C=O) groups is 2. The van der Waals surface area contributed by atoms with Crippen LogP contribution in [0.25, 0.3) is 0 Å². The predicted molar refractivity (Wildman–Crippen MR) is 88.3 cm³/mol. The third-order valence-corrected chi connectivity index (χ3v) is 5.06. The van der Waals surface area contributed by atoms with Gasteiger partial charge in [-0.1, -0.05) is 6.92 Å². The van der Waals surface area contributed by atoms with Gasteiger partial charge in [0.2, 0.25) is 5.91 Å². The first kappa shape index (κ1) is 16.0. The van der Waals surface area contributed by atoms with Crippen LogP contribution in [0.4, 0.5) is 5.69 Å². The Morgan fingerprint density at radius 1 is 1.22 bits per heavy atom. The van der Waals surface area contributed by atoms with Crippen molar-refractivity contribution >= 4 is 17.5 Å². The third kappa shape index (κ3) is 3.11. The number of carbonyl (C=O) groups excluding carboxylic acids is 2. The van der Waals surface area contributed by atoms with Gasteiger partial charge in [-0.05, 0) is 49.4 Å². The molecule has 2 atom stereocenters. The molecular weight excluding hydrogens is 292 g/mol. The minimum Gasteiger partial charge on any atom is -0.394 e. The van der Waals surface area contributed by atoms with Crippen LogP contribution in [0.3, 0.4) is 0 Å². The van der Waals surface area contributed by atoms with Crippen molar-refractivity contribution in [3.05, 3.63) is 29.8 Å². The van der Waals surface area contributed by atoms with Gasteiger partial charge in [-0.2, -0.15) is 0 Å². The number of anilines is 1. The van der Waals surface area contributed by atoms with E-state index in [9.17, 15) is 14.7 Å². The molecule has 0 aromatic heterocycles. The molecule has 2 unspecified atom stereocenters. The van der Waals surface area contributed by atoms with Crippen molar-refractivity contribution in [3.63, 3.8) is 0 Å². The quantitative estimate of drug-likeness (QED) is 0.928. The summed E-state index contributed by atoms with van der Waals surface area (Å²) in [6, 6.07) is 7.17. The lowest BCUT2D eigenvalue weighted by molar-refractivity contribution is -0.117. The number of rotatable bonds is 3. The van der Waals surface area contributed by atoms with Crippen molar-refractivity contribution in [2.24, 2.45) is 5.92 Å². The SMILES string of the molecule is CC1CCCN(C(=O)c2ccc(N3CCCC3=O)cc2)C1CO. The summed E-state index contributed by atoms with van der Waals surface area (Å²) in [7, 11) is 0. The monoisotopic (exact) mass is 316 g/mol. The van der Waals surface area contributed by atoms with Gasteiger partial charge in [-0.25, -0.2) is 0 Å². The Morgan fingerprint density at radius 2 is 1.96 bits per heavy atom. The summed E-state index contributed by atoms with van der Waals surface area (Å²) >= 11 is 0. The number of aliphatic hydroxyl groups excluding tert-OH is 1. The van der Waals surface area contributed by atoms with Crippen LogP contribution >= 0.6 is 0 Å². The minimum atomic E-state index is -0.101. The molecular formula is C18H24N2O3. The van der Waals surface area contributed by atoms with Crippen molar-refractivity contribution in [1.82, 2.24) is 4.90 Å². The second-order valence-corrected chi connectivity index (χ2v) is 6.56. The highest BCUT2D eigenvalue weighted by Gasteiger charge is 2.32. The molecule has 2 heterocycles. The molecule has 0 bridgehead atoms. The maximum Gasteiger partial charge on any atom is 0.254 e. The number of nitrogens with zero attached hydrogens (tertiary/aromatic N) is 2. The molecule has 0 aliphatic carbocycles. The summed E-state index contributed by atoms with van der Waals surface area (Å²) in [6.45, 7) is 3.54. The predicted octanol–water partition coefficient (Wildman–Crippen LogP) is 2.05. The second kappa shape index (κ2) is 6.71. The zero-order chi connectivity index (χ0) is 16.4. The summed E-state index contributed by atoms with van der Waals surface area (Å²) in [5.41, 5.74) is 1.47. The van der Waals surface area contributed by atoms with Crippen LogP contribution in [0, 0.1) is 5.92 Å². The minimum absolute atomic E-state index is 0.00721. The van der Waals surface area contributed by atoms with Crippen LogP contribution in [-0.2, 0) is 4.79 Å². The lowest BCUT2D eigenvalue weighted by Gasteiger charge is -2.39. The van der Waals surface area contributed by atoms with E-state index < -0.39 is 0 Å². The van der Waals surface area contributed by atoms with Gasteiger partial charge in [0.05, 0.1) is 12.6 Å². The molecule has 5 nitrogen and oxygen atoms in total. The van der Waals surface area contributed by atoms with E-state index in [1.807, 2.05) is 12.1 Å². The standard InChI is InChI=1S/C18H24N2O3/c1-13-4-2-11-20(16(13)12-21)18(23)14-6-8-15(9-7-14)19-10-3-5-17(19)22/h6-9,13,16,21H,2-5,10-12H2,1H3. The first-order valence-corrected chi connectivity index (χ1v) is 8.44. The number of likely N-dealkylation sites (tertiary alicyclic amines) is 1. The van der Waals surface area contributed by atoms with E-state index in [0.717, 1.165) is 31.5 Å². The van der Waals surface area contributed by atoms with E-state index in [2.05, 4.69) is 6.92 Å². The molecule has 2 aliphatic heterocycles. The largest absolute Gasteiger partial charge is 0.394 e. The lowest BCUT2D eigenvalue weighted by atomic mass is 9.90. The average Bonchev–Trinajstić information content (AvgIpc) is 3.00. The third-order valence-electron chi connectivity index (χ3n) is 5.06. The van der Waals surface area contributed by atoms with Crippen LogP contribution in [0.5, 0.6) is 0 Å². The van der Waals surface area contributed by atoms with Crippen LogP contribution in [0.2, 0.25) is 0 Å². The first-order valence-electron chi connectivity index (χ1n) is 8.44. The number of aliphatic hydroxyl groups is 1. The Balaban J connectivity index is 1.76. The van der Waals surface area contributed by atoms with Crippen LogP contribution < -0.4 is 4.90 Å². The van der Waals surface area contributed by atoms with Crippen molar-refractivity contribution in [1.29, 1.82) is 0 Å². The zero-order valence-corrected chi connectivity index (χ0v) is 13.6. The van der Waals surface area contributed by atoms with E-state index in [-0.39, 0.29) is 24.5 Å². The van der Waals surface area contributed by atoms with Crippen LogP contribution in [-0.4, -0.2) is 47.6 Å². The molecule has 1 aromatic rings. The van der Waals surface area contributed by atoms with Crippen molar-refractivity contribution < 1.29 is 14.7 Å². The highest BCUT2D eigenvalue weighted by atomic mass is 16.3. The molecule has 5 heteroatoms. The van der Waals surface area contributed by atoms with E-state index >= 15 is 0 Å². The molecule has 0 radical (unpaired) electrons. The van der Waals surface area contributed by atoms with E-state index in [1.54, 1.807) is 21.9 Å². The smallest absolute Gasteiger partial charge is 0.254 e. The molecule has 3 rings (SSSR count). The molecule has 0 spiro atoms. The fraction of sp³-hybridized carbons (Fsp3) is 0.556. The first-order chi connectivity index (χ1) is 11.1. The highest BCUT2D eigenvalue weighted by molar-refractivity contribution is 5.97. The van der Waals surface area contributed by atoms with Crippen molar-refractivity contribution in [2.45, 2.75) is 38.6 Å². The number of piperidine rings is 1. The van der Waals surface area contributed by atoms with E-state index in [0.29, 0.717) is 24.4 Å². The Kier molecular flexibility index (Phi) is 4.66. The molecule has 0 saturated carbocycles. The fourth-order valence-electron chi connectivity index (χ4n) is 3.65. The van der Waals surface area contributed by atoms with Gasteiger partial charge < -0.3 is 14.9 Å². The van der Waals surface area contributed by atoms with Gasteiger partial charge in [0.15, 0.2) is 0 Å². The molecule has 1 N–H and O–H groups in total. The van der Waals surface area contributed by atoms with E-state index in [1.165, 1.54) is 0 Å². The molecule has 124 valence electrons. The summed E-state index contributed by atoms with van der Waals surface area (Å²) in [5.74, 6) is 0.434. The Morgan fingerprint density at radius 3 is 2.57 bits per heavy atom.